The van der Waals surface area contributed by atoms with Crippen LogP contribution in [0.15, 0.2) is 57.4 Å². The van der Waals surface area contributed by atoms with E-state index in [4.69, 9.17) is 16.0 Å². The van der Waals surface area contributed by atoms with E-state index in [9.17, 15) is 0 Å². The highest BCUT2D eigenvalue weighted by Gasteiger charge is 2.17. The number of oxazole rings is 1. The Morgan fingerprint density at radius 3 is 2.75 bits per heavy atom. The van der Waals surface area contributed by atoms with Gasteiger partial charge in [-0.05, 0) is 42.3 Å². The largest absolute Gasteiger partial charge is 0.436 e. The first-order valence-electron chi connectivity index (χ1n) is 7.90. The van der Waals surface area contributed by atoms with Gasteiger partial charge >= 0.3 is 0 Å². The van der Waals surface area contributed by atoms with Gasteiger partial charge in [0.15, 0.2) is 5.58 Å². The summed E-state index contributed by atoms with van der Waals surface area (Å²) in [6, 6.07) is 14.0. The average molecular weight is 404 g/mol. The van der Waals surface area contributed by atoms with E-state index in [1.54, 1.807) is 0 Å². The lowest BCUT2D eigenvalue weighted by molar-refractivity contribution is 0.292. The van der Waals surface area contributed by atoms with Crippen LogP contribution in [0.1, 0.15) is 17.9 Å². The second kappa shape index (κ2) is 6.71. The second-order valence-corrected chi connectivity index (χ2v) is 7.32. The topological polar surface area (TPSA) is 29.3 Å². The molecule has 0 saturated heterocycles. The van der Waals surface area contributed by atoms with Crippen LogP contribution >= 0.6 is 27.5 Å². The quantitative estimate of drug-likeness (QED) is 0.575. The van der Waals surface area contributed by atoms with Crippen LogP contribution in [0.2, 0.25) is 5.02 Å². The minimum Gasteiger partial charge on any atom is -0.436 e. The van der Waals surface area contributed by atoms with Crippen molar-refractivity contribution in [3.05, 3.63) is 69.5 Å². The lowest BCUT2D eigenvalue weighted by Crippen LogP contribution is -2.28. The SMILES string of the molecule is Clc1ccc(CN2CC=C(c3nc4cc(Br)ccc4o3)CC2)cc1. The molecule has 5 heteroatoms. The summed E-state index contributed by atoms with van der Waals surface area (Å²) in [4.78, 5) is 7.03. The molecule has 122 valence electrons. The standard InChI is InChI=1S/C19H16BrClN2O/c20-15-3-6-18-17(11-15)22-19(24-18)14-7-9-23(10-8-14)12-13-1-4-16(21)5-2-13/h1-7,11H,8-10,12H2. The highest BCUT2D eigenvalue weighted by Crippen LogP contribution is 2.27. The van der Waals surface area contributed by atoms with Gasteiger partial charge in [-0.1, -0.05) is 45.7 Å². The van der Waals surface area contributed by atoms with Crippen LogP contribution in [0, 0.1) is 0 Å². The minimum atomic E-state index is 0.745. The molecular formula is C19H16BrClN2O. The highest BCUT2D eigenvalue weighted by atomic mass is 79.9. The molecule has 0 N–H and O–H groups in total. The molecule has 0 fully saturated rings. The third kappa shape index (κ3) is 3.41. The molecule has 0 amide bonds. The van der Waals surface area contributed by atoms with Crippen LogP contribution in [-0.2, 0) is 6.54 Å². The molecule has 0 unspecified atom stereocenters. The third-order valence-electron chi connectivity index (χ3n) is 4.24. The normalized spacial score (nSPS) is 15.7. The Hall–Kier alpha value is -1.62. The van der Waals surface area contributed by atoms with E-state index in [2.05, 4.69) is 44.0 Å². The van der Waals surface area contributed by atoms with Crippen LogP contribution in [0.3, 0.4) is 0 Å². The number of benzene rings is 2. The Balaban J connectivity index is 1.48. The van der Waals surface area contributed by atoms with Crippen molar-refractivity contribution < 1.29 is 4.42 Å². The number of fused-ring (bicyclic) bond motifs is 1. The molecule has 0 radical (unpaired) electrons. The van der Waals surface area contributed by atoms with Crippen molar-refractivity contribution in [3.8, 4) is 0 Å². The molecule has 24 heavy (non-hydrogen) atoms. The number of aromatic nitrogens is 1. The van der Waals surface area contributed by atoms with Crippen LogP contribution in [0.25, 0.3) is 16.7 Å². The van der Waals surface area contributed by atoms with Gasteiger partial charge in [0.2, 0.25) is 5.89 Å². The van der Waals surface area contributed by atoms with Gasteiger partial charge in [-0.15, -0.1) is 0 Å². The zero-order chi connectivity index (χ0) is 16.5. The zero-order valence-corrected chi connectivity index (χ0v) is 15.3. The number of nitrogens with zero attached hydrogens (tertiary/aromatic N) is 2. The van der Waals surface area contributed by atoms with E-state index in [0.717, 1.165) is 52.5 Å². The fourth-order valence-corrected chi connectivity index (χ4v) is 3.41. The second-order valence-electron chi connectivity index (χ2n) is 5.97. The first-order valence-corrected chi connectivity index (χ1v) is 9.07. The minimum absolute atomic E-state index is 0.745. The summed E-state index contributed by atoms with van der Waals surface area (Å²) in [5.41, 5.74) is 4.19. The predicted molar refractivity (Wildman–Crippen MR) is 101 cm³/mol. The maximum Gasteiger partial charge on any atom is 0.222 e. The highest BCUT2D eigenvalue weighted by molar-refractivity contribution is 9.10. The Bertz CT molecular complexity index is 901. The van der Waals surface area contributed by atoms with Crippen molar-refractivity contribution in [2.75, 3.05) is 13.1 Å². The molecule has 1 aromatic heterocycles. The maximum absolute atomic E-state index is 5.94. The smallest absolute Gasteiger partial charge is 0.222 e. The van der Waals surface area contributed by atoms with Gasteiger partial charge in [-0.25, -0.2) is 4.98 Å². The van der Waals surface area contributed by atoms with Gasteiger partial charge in [0.05, 0.1) is 0 Å². The van der Waals surface area contributed by atoms with E-state index in [0.29, 0.717) is 0 Å². The fourth-order valence-electron chi connectivity index (χ4n) is 2.94. The maximum atomic E-state index is 5.94. The molecule has 0 saturated carbocycles. The molecule has 0 spiro atoms. The summed E-state index contributed by atoms with van der Waals surface area (Å²) < 4.78 is 6.91. The van der Waals surface area contributed by atoms with Gasteiger partial charge in [0.25, 0.3) is 0 Å². The number of hydrogen-bond acceptors (Lipinski definition) is 3. The Kier molecular flexibility index (Phi) is 4.44. The number of halogens is 2. The number of rotatable bonds is 3. The van der Waals surface area contributed by atoms with Gasteiger partial charge < -0.3 is 4.42 Å². The molecule has 1 aliphatic rings. The van der Waals surface area contributed by atoms with Crippen LogP contribution in [-0.4, -0.2) is 23.0 Å². The van der Waals surface area contributed by atoms with Crippen molar-refractivity contribution in [3.63, 3.8) is 0 Å². The Morgan fingerprint density at radius 1 is 1.17 bits per heavy atom. The third-order valence-corrected chi connectivity index (χ3v) is 4.98. The molecule has 3 nitrogen and oxygen atoms in total. The average Bonchev–Trinajstić information content (AvgIpc) is 3.01. The summed E-state index contributed by atoms with van der Waals surface area (Å²) in [5, 5.41) is 0.780. The summed E-state index contributed by atoms with van der Waals surface area (Å²) in [5.74, 6) is 0.745. The summed E-state index contributed by atoms with van der Waals surface area (Å²) in [6.07, 6.45) is 3.17. The molecule has 1 aliphatic heterocycles. The molecule has 0 aliphatic carbocycles. The van der Waals surface area contributed by atoms with Gasteiger partial charge in [0.1, 0.15) is 5.52 Å². The van der Waals surface area contributed by atoms with E-state index < -0.39 is 0 Å². The van der Waals surface area contributed by atoms with Crippen molar-refractivity contribution >= 4 is 44.2 Å². The van der Waals surface area contributed by atoms with Gasteiger partial charge in [-0.3, -0.25) is 4.90 Å². The van der Waals surface area contributed by atoms with Crippen LogP contribution < -0.4 is 0 Å². The molecular weight excluding hydrogens is 388 g/mol. The van der Waals surface area contributed by atoms with E-state index in [1.807, 2.05) is 30.3 Å². The van der Waals surface area contributed by atoms with Crippen LogP contribution in [0.5, 0.6) is 0 Å². The molecule has 3 aromatic rings. The lowest BCUT2D eigenvalue weighted by Gasteiger charge is -2.25. The monoisotopic (exact) mass is 402 g/mol. The van der Waals surface area contributed by atoms with Crippen LogP contribution in [0.4, 0.5) is 0 Å². The number of hydrogen-bond donors (Lipinski definition) is 0. The van der Waals surface area contributed by atoms with Crippen molar-refractivity contribution in [1.29, 1.82) is 0 Å². The fraction of sp³-hybridized carbons (Fsp3) is 0.211. The molecule has 0 atom stereocenters. The van der Waals surface area contributed by atoms with Crippen molar-refractivity contribution in [2.45, 2.75) is 13.0 Å². The Morgan fingerprint density at radius 2 is 2.00 bits per heavy atom. The van der Waals surface area contributed by atoms with E-state index in [1.165, 1.54) is 11.1 Å². The summed E-state index contributed by atoms with van der Waals surface area (Å²) >= 11 is 9.41. The Labute approximate surface area is 154 Å². The van der Waals surface area contributed by atoms with E-state index >= 15 is 0 Å². The predicted octanol–water partition coefficient (Wildman–Crippen LogP) is 5.53. The molecule has 2 heterocycles. The molecule has 0 bridgehead atoms. The summed E-state index contributed by atoms with van der Waals surface area (Å²) in [7, 11) is 0. The van der Waals surface area contributed by atoms with E-state index in [-0.39, 0.29) is 0 Å². The molecule has 4 rings (SSSR count). The molecule has 2 aromatic carbocycles. The lowest BCUT2D eigenvalue weighted by atomic mass is 10.1. The van der Waals surface area contributed by atoms with Gasteiger partial charge in [-0.2, -0.15) is 0 Å². The first kappa shape index (κ1) is 15.9. The first-order chi connectivity index (χ1) is 11.7. The van der Waals surface area contributed by atoms with Crippen molar-refractivity contribution in [1.82, 2.24) is 9.88 Å². The van der Waals surface area contributed by atoms with Crippen molar-refractivity contribution in [2.24, 2.45) is 0 Å². The summed E-state index contributed by atoms with van der Waals surface area (Å²) in [6.45, 7) is 2.83. The zero-order valence-electron chi connectivity index (χ0n) is 13.0. The van der Waals surface area contributed by atoms with Gasteiger partial charge in [0, 0.05) is 34.7 Å².